The highest BCUT2D eigenvalue weighted by molar-refractivity contribution is 6.09. The number of benzene rings is 4. The molecule has 0 aliphatic heterocycles. The number of nitrogens with zero attached hydrogens (tertiary/aromatic N) is 4. The lowest BCUT2D eigenvalue weighted by atomic mass is 9.81. The molecule has 7 rings (SSSR count). The number of hydrogen-bond acceptors (Lipinski definition) is 3. The molecule has 0 spiro atoms. The normalized spacial score (nSPS) is 12.3. The summed E-state index contributed by atoms with van der Waals surface area (Å²) in [6.45, 7) is 27.3. The minimum atomic E-state index is -0.111. The average molecular weight is 745 g/mol. The Kier molecular flexibility index (Phi) is 10.8. The lowest BCUT2D eigenvalue weighted by molar-refractivity contribution is 0.478. The van der Waals surface area contributed by atoms with Gasteiger partial charge >= 0.3 is 0 Å². The van der Waals surface area contributed by atoms with E-state index in [-0.39, 0.29) is 5.41 Å². The topological polar surface area (TPSA) is 44.9 Å². The van der Waals surface area contributed by atoms with E-state index in [2.05, 4.69) is 177 Å². The zero-order valence-corrected chi connectivity index (χ0v) is 35.7. The van der Waals surface area contributed by atoms with Crippen molar-refractivity contribution < 1.29 is 4.74 Å². The predicted molar refractivity (Wildman–Crippen MR) is 237 cm³/mol. The van der Waals surface area contributed by atoms with E-state index in [0.717, 1.165) is 64.7 Å². The molecule has 0 aliphatic carbocycles. The molecular formula is C51H60N4O. The van der Waals surface area contributed by atoms with Crippen molar-refractivity contribution in [1.82, 2.24) is 19.3 Å². The molecule has 5 nitrogen and oxygen atoms in total. The van der Waals surface area contributed by atoms with Crippen LogP contribution in [0.1, 0.15) is 139 Å². The molecular weight excluding hydrogens is 685 g/mol. The molecule has 0 saturated carbocycles. The van der Waals surface area contributed by atoms with Crippen LogP contribution >= 0.6 is 0 Å². The highest BCUT2D eigenvalue weighted by Crippen LogP contribution is 2.43. The molecule has 3 heterocycles. The van der Waals surface area contributed by atoms with E-state index in [1.807, 2.05) is 6.20 Å². The molecule has 4 aromatic carbocycles. The summed E-state index contributed by atoms with van der Waals surface area (Å²) in [4.78, 5) is 4.88. The molecule has 290 valence electrons. The van der Waals surface area contributed by atoms with Gasteiger partial charge in [-0.2, -0.15) is 5.10 Å². The maximum atomic E-state index is 6.87. The molecule has 0 atom stereocenters. The number of unbranched alkanes of at least 4 members (excludes halogenated alkanes) is 1. The van der Waals surface area contributed by atoms with Gasteiger partial charge in [-0.05, 0) is 126 Å². The second-order valence-electron chi connectivity index (χ2n) is 17.7. The largest absolute Gasteiger partial charge is 0.457 e. The van der Waals surface area contributed by atoms with Gasteiger partial charge in [-0.25, -0.2) is 9.67 Å². The Morgan fingerprint density at radius 3 is 2.05 bits per heavy atom. The van der Waals surface area contributed by atoms with E-state index in [1.165, 1.54) is 49.7 Å². The van der Waals surface area contributed by atoms with Gasteiger partial charge in [0, 0.05) is 40.4 Å². The van der Waals surface area contributed by atoms with Gasteiger partial charge in [0.1, 0.15) is 17.3 Å². The first-order valence-corrected chi connectivity index (χ1v) is 20.7. The van der Waals surface area contributed by atoms with Crippen LogP contribution in [-0.2, 0) is 11.8 Å². The molecule has 0 saturated heterocycles. The molecule has 56 heavy (non-hydrogen) atoms. The first-order chi connectivity index (χ1) is 26.7. The van der Waals surface area contributed by atoms with E-state index in [4.69, 9.17) is 14.8 Å². The van der Waals surface area contributed by atoms with Crippen LogP contribution in [0.15, 0.2) is 91.1 Å². The summed E-state index contributed by atoms with van der Waals surface area (Å²) >= 11 is 0. The van der Waals surface area contributed by atoms with Gasteiger partial charge in [-0.15, -0.1) is 0 Å². The smallest absolute Gasteiger partial charge is 0.137 e. The van der Waals surface area contributed by atoms with Gasteiger partial charge < -0.3 is 4.74 Å². The van der Waals surface area contributed by atoms with Crippen molar-refractivity contribution in [2.75, 3.05) is 0 Å². The van der Waals surface area contributed by atoms with E-state index in [0.29, 0.717) is 17.8 Å². The number of para-hydroxylation sites is 1. The third-order valence-electron chi connectivity index (χ3n) is 11.4. The molecule has 0 aliphatic rings. The number of rotatable bonds is 11. The van der Waals surface area contributed by atoms with E-state index >= 15 is 0 Å². The lowest BCUT2D eigenvalue weighted by Gasteiger charge is -2.24. The molecule has 0 unspecified atom stereocenters. The fourth-order valence-electron chi connectivity index (χ4n) is 8.21. The highest BCUT2D eigenvalue weighted by atomic mass is 16.5. The second-order valence-corrected chi connectivity index (χ2v) is 17.7. The van der Waals surface area contributed by atoms with E-state index in [9.17, 15) is 0 Å². The van der Waals surface area contributed by atoms with Crippen LogP contribution in [0.4, 0.5) is 0 Å². The van der Waals surface area contributed by atoms with E-state index < -0.39 is 0 Å². The summed E-state index contributed by atoms with van der Waals surface area (Å²) in [6, 6.07) is 30.9. The standard InChI is InChI=1S/C51H60N4O/c1-13-14-17-36-22-23-52-48(24-36)54-46-19-16-15-18-42(46)43-21-20-40(30-47(43)54)56-41-28-38(51(10,11)12)27-39(29-41)55-35(9)49(34(8)53-55)50-44(32(4)5)25-37(31(2)3)26-45(50)33(6)7/h15-16,18-33H,13-14,17H2,1-12H3. The number of hydrogen-bond donors (Lipinski definition) is 0. The Hall–Kier alpha value is -5.16. The first-order valence-electron chi connectivity index (χ1n) is 20.7. The van der Waals surface area contributed by atoms with Crippen LogP contribution in [0.5, 0.6) is 11.5 Å². The minimum absolute atomic E-state index is 0.111. The van der Waals surface area contributed by atoms with Crippen molar-refractivity contribution in [2.24, 2.45) is 0 Å². The SMILES string of the molecule is CCCCc1ccnc(-n2c3ccccc3c3ccc(Oc4cc(-n5nc(C)c(-c6c(C(C)C)cc(C(C)C)cc6C(C)C)c5C)cc(C(C)(C)C)c4)cc32)c1. The maximum absolute atomic E-state index is 6.87. The maximum Gasteiger partial charge on any atom is 0.137 e. The summed E-state index contributed by atoms with van der Waals surface area (Å²) < 4.78 is 11.3. The number of aromatic nitrogens is 4. The molecule has 0 radical (unpaired) electrons. The van der Waals surface area contributed by atoms with Gasteiger partial charge in [0.05, 0.1) is 22.4 Å². The summed E-state index contributed by atoms with van der Waals surface area (Å²) in [5, 5.41) is 7.65. The molecule has 0 bridgehead atoms. The second kappa shape index (κ2) is 15.4. The van der Waals surface area contributed by atoms with Crippen molar-refractivity contribution in [2.45, 2.75) is 126 Å². The van der Waals surface area contributed by atoms with Crippen molar-refractivity contribution in [3.05, 3.63) is 130 Å². The van der Waals surface area contributed by atoms with Gasteiger partial charge in [-0.1, -0.05) is 106 Å². The van der Waals surface area contributed by atoms with Crippen molar-refractivity contribution >= 4 is 21.8 Å². The van der Waals surface area contributed by atoms with Crippen molar-refractivity contribution in [3.8, 4) is 34.1 Å². The van der Waals surface area contributed by atoms with Crippen molar-refractivity contribution in [1.29, 1.82) is 0 Å². The number of pyridine rings is 1. The van der Waals surface area contributed by atoms with Crippen LogP contribution in [0.2, 0.25) is 0 Å². The Labute approximate surface area is 334 Å². The van der Waals surface area contributed by atoms with Crippen LogP contribution in [-0.4, -0.2) is 19.3 Å². The Bertz CT molecular complexity index is 2510. The van der Waals surface area contributed by atoms with Crippen LogP contribution in [0.3, 0.4) is 0 Å². The van der Waals surface area contributed by atoms with E-state index in [1.54, 1.807) is 0 Å². The zero-order valence-electron chi connectivity index (χ0n) is 35.7. The van der Waals surface area contributed by atoms with Crippen molar-refractivity contribution in [3.63, 3.8) is 0 Å². The third kappa shape index (κ3) is 7.41. The fraction of sp³-hybridized carbons (Fsp3) is 0.373. The van der Waals surface area contributed by atoms with Crippen LogP contribution in [0, 0.1) is 13.8 Å². The van der Waals surface area contributed by atoms with Crippen LogP contribution < -0.4 is 4.74 Å². The Balaban J connectivity index is 1.35. The summed E-state index contributed by atoms with van der Waals surface area (Å²) in [7, 11) is 0. The Morgan fingerprint density at radius 2 is 1.39 bits per heavy atom. The van der Waals surface area contributed by atoms with Gasteiger partial charge in [-0.3, -0.25) is 4.57 Å². The quantitative estimate of drug-likeness (QED) is 0.132. The highest BCUT2D eigenvalue weighted by Gasteiger charge is 2.26. The predicted octanol–water partition coefficient (Wildman–Crippen LogP) is 14.5. The average Bonchev–Trinajstić information content (AvgIpc) is 3.65. The van der Waals surface area contributed by atoms with Gasteiger partial charge in [0.2, 0.25) is 0 Å². The monoisotopic (exact) mass is 744 g/mol. The molecule has 0 amide bonds. The summed E-state index contributed by atoms with van der Waals surface area (Å²) in [5.41, 5.74) is 14.6. The van der Waals surface area contributed by atoms with Gasteiger partial charge in [0.25, 0.3) is 0 Å². The number of aryl methyl sites for hydroxylation is 2. The summed E-state index contributed by atoms with van der Waals surface area (Å²) in [6.07, 6.45) is 5.31. The third-order valence-corrected chi connectivity index (χ3v) is 11.4. The minimum Gasteiger partial charge on any atom is -0.457 e. The lowest BCUT2D eigenvalue weighted by Crippen LogP contribution is -2.12. The van der Waals surface area contributed by atoms with Gasteiger partial charge in [0.15, 0.2) is 0 Å². The zero-order chi connectivity index (χ0) is 40.1. The molecule has 7 aromatic rings. The Morgan fingerprint density at radius 1 is 0.696 bits per heavy atom. The molecule has 5 heteroatoms. The number of ether oxygens (including phenoxy) is 1. The molecule has 0 fully saturated rings. The molecule has 3 aromatic heterocycles. The number of fused-ring (bicyclic) bond motifs is 3. The molecule has 0 N–H and O–H groups in total. The first kappa shape index (κ1) is 39.1. The fourth-order valence-corrected chi connectivity index (χ4v) is 8.21. The van der Waals surface area contributed by atoms with Crippen LogP contribution in [0.25, 0.3) is 44.4 Å². The summed E-state index contributed by atoms with van der Waals surface area (Å²) in [5.74, 6) is 3.72.